The first-order valence-corrected chi connectivity index (χ1v) is 7.77. The van der Waals surface area contributed by atoms with Gasteiger partial charge in [-0.1, -0.05) is 6.07 Å². The first kappa shape index (κ1) is 15.0. The van der Waals surface area contributed by atoms with Crippen molar-refractivity contribution in [3.05, 3.63) is 35.4 Å². The highest BCUT2D eigenvalue weighted by atomic mass is 16.5. The number of likely N-dealkylation sites (tertiary alicyclic amines) is 1. The summed E-state index contributed by atoms with van der Waals surface area (Å²) in [7, 11) is 1.73. The van der Waals surface area contributed by atoms with Crippen LogP contribution in [0.3, 0.4) is 0 Å². The van der Waals surface area contributed by atoms with E-state index in [0.717, 1.165) is 39.1 Å². The Balaban J connectivity index is 1.70. The fourth-order valence-corrected chi connectivity index (χ4v) is 3.62. The van der Waals surface area contributed by atoms with Crippen molar-refractivity contribution in [1.82, 2.24) is 9.80 Å². The molecule has 1 amide bonds. The van der Waals surface area contributed by atoms with Crippen LogP contribution in [0.1, 0.15) is 28.8 Å². The predicted octanol–water partition coefficient (Wildman–Crippen LogP) is 1.49. The molecule has 2 bridgehead atoms. The van der Waals surface area contributed by atoms with Crippen LogP contribution in [0.2, 0.25) is 0 Å². The van der Waals surface area contributed by atoms with Gasteiger partial charge in [0.05, 0.1) is 18.2 Å². The molecule has 0 radical (unpaired) electrons. The van der Waals surface area contributed by atoms with E-state index in [2.05, 4.69) is 11.0 Å². The molecular formula is C17H21N3O2. The Morgan fingerprint density at radius 2 is 2.09 bits per heavy atom. The van der Waals surface area contributed by atoms with E-state index in [9.17, 15) is 4.79 Å². The molecule has 2 atom stereocenters. The SMILES string of the molecule is COCCN1[C@H]2CC[C@H]1CN(C(=O)c1cccc(C#N)c1)C2. The highest BCUT2D eigenvalue weighted by molar-refractivity contribution is 5.94. The predicted molar refractivity (Wildman–Crippen MR) is 82.5 cm³/mol. The lowest BCUT2D eigenvalue weighted by molar-refractivity contribution is 0.0354. The van der Waals surface area contributed by atoms with E-state index in [1.54, 1.807) is 31.4 Å². The second kappa shape index (κ2) is 6.47. The third-order valence-corrected chi connectivity index (χ3v) is 4.71. The number of carbonyl (C=O) groups is 1. The fourth-order valence-electron chi connectivity index (χ4n) is 3.62. The zero-order chi connectivity index (χ0) is 15.5. The molecule has 2 saturated heterocycles. The summed E-state index contributed by atoms with van der Waals surface area (Å²) in [5, 5.41) is 8.97. The molecule has 1 aromatic carbocycles. The average Bonchev–Trinajstić information content (AvgIpc) is 2.79. The smallest absolute Gasteiger partial charge is 0.254 e. The van der Waals surface area contributed by atoms with Crippen LogP contribution in [-0.2, 0) is 4.74 Å². The Morgan fingerprint density at radius 3 is 2.73 bits per heavy atom. The number of hydrogen-bond acceptors (Lipinski definition) is 4. The third kappa shape index (κ3) is 2.85. The molecule has 0 aromatic heterocycles. The number of amides is 1. The van der Waals surface area contributed by atoms with E-state index in [1.165, 1.54) is 0 Å². The fraction of sp³-hybridized carbons (Fsp3) is 0.529. The topological polar surface area (TPSA) is 56.6 Å². The molecule has 0 N–H and O–H groups in total. The molecule has 0 saturated carbocycles. The molecule has 2 aliphatic rings. The van der Waals surface area contributed by atoms with Gasteiger partial charge >= 0.3 is 0 Å². The molecule has 0 unspecified atom stereocenters. The van der Waals surface area contributed by atoms with E-state index in [0.29, 0.717) is 23.2 Å². The van der Waals surface area contributed by atoms with Crippen LogP contribution in [0, 0.1) is 11.3 Å². The minimum absolute atomic E-state index is 0.0420. The maximum Gasteiger partial charge on any atom is 0.254 e. The number of hydrogen-bond donors (Lipinski definition) is 0. The molecule has 5 heteroatoms. The largest absolute Gasteiger partial charge is 0.383 e. The van der Waals surface area contributed by atoms with Crippen molar-refractivity contribution >= 4 is 5.91 Å². The van der Waals surface area contributed by atoms with E-state index in [4.69, 9.17) is 10.00 Å². The maximum absolute atomic E-state index is 12.7. The van der Waals surface area contributed by atoms with Gasteiger partial charge in [-0.2, -0.15) is 5.26 Å². The number of ether oxygens (including phenoxy) is 1. The van der Waals surface area contributed by atoms with Crippen molar-refractivity contribution in [3.8, 4) is 6.07 Å². The monoisotopic (exact) mass is 299 g/mol. The molecule has 22 heavy (non-hydrogen) atoms. The Hall–Kier alpha value is -1.90. The van der Waals surface area contributed by atoms with Crippen LogP contribution in [0.5, 0.6) is 0 Å². The van der Waals surface area contributed by atoms with Crippen LogP contribution in [0.15, 0.2) is 24.3 Å². The summed E-state index contributed by atoms with van der Waals surface area (Å²) >= 11 is 0. The van der Waals surface area contributed by atoms with Gasteiger partial charge in [-0.25, -0.2) is 0 Å². The lowest BCUT2D eigenvalue weighted by atomic mass is 10.1. The zero-order valence-electron chi connectivity index (χ0n) is 12.9. The minimum Gasteiger partial charge on any atom is -0.383 e. The number of carbonyl (C=O) groups excluding carboxylic acids is 1. The van der Waals surface area contributed by atoms with Crippen LogP contribution in [0.4, 0.5) is 0 Å². The van der Waals surface area contributed by atoms with Crippen molar-refractivity contribution in [1.29, 1.82) is 5.26 Å². The normalized spacial score (nSPS) is 24.3. The van der Waals surface area contributed by atoms with Crippen LogP contribution >= 0.6 is 0 Å². The second-order valence-corrected chi connectivity index (χ2v) is 6.02. The average molecular weight is 299 g/mol. The molecule has 2 aliphatic heterocycles. The van der Waals surface area contributed by atoms with Crippen molar-refractivity contribution < 1.29 is 9.53 Å². The third-order valence-electron chi connectivity index (χ3n) is 4.71. The number of piperazine rings is 1. The summed E-state index contributed by atoms with van der Waals surface area (Å²) in [5.74, 6) is 0.0420. The van der Waals surface area contributed by atoms with Gasteiger partial charge in [0.15, 0.2) is 0 Å². The molecule has 0 aliphatic carbocycles. The summed E-state index contributed by atoms with van der Waals surface area (Å²) in [6.07, 6.45) is 2.30. The summed E-state index contributed by atoms with van der Waals surface area (Å²) in [6, 6.07) is 9.95. The Labute approximate surface area is 131 Å². The first-order valence-electron chi connectivity index (χ1n) is 7.77. The Bertz CT molecular complexity index is 582. The summed E-state index contributed by atoms with van der Waals surface area (Å²) in [4.78, 5) is 17.1. The molecule has 3 rings (SSSR count). The second-order valence-electron chi connectivity index (χ2n) is 6.02. The number of fused-ring (bicyclic) bond motifs is 2. The van der Waals surface area contributed by atoms with Gasteiger partial charge in [0, 0.05) is 44.4 Å². The van der Waals surface area contributed by atoms with Gasteiger partial charge < -0.3 is 9.64 Å². The number of nitrogens with zero attached hydrogens (tertiary/aromatic N) is 3. The van der Waals surface area contributed by atoms with E-state index >= 15 is 0 Å². The van der Waals surface area contributed by atoms with Crippen molar-refractivity contribution in [3.63, 3.8) is 0 Å². The molecule has 116 valence electrons. The molecule has 0 spiro atoms. The summed E-state index contributed by atoms with van der Waals surface area (Å²) in [6.45, 7) is 3.23. The van der Waals surface area contributed by atoms with Gasteiger partial charge in [0.1, 0.15) is 0 Å². The maximum atomic E-state index is 12.7. The highest BCUT2D eigenvalue weighted by Gasteiger charge is 2.40. The lowest BCUT2D eigenvalue weighted by Gasteiger charge is -2.41. The van der Waals surface area contributed by atoms with Crippen molar-refractivity contribution in [2.24, 2.45) is 0 Å². The van der Waals surface area contributed by atoms with Crippen LogP contribution in [0.25, 0.3) is 0 Å². The standard InChI is InChI=1S/C17H21N3O2/c1-22-8-7-20-15-5-6-16(20)12-19(11-15)17(21)14-4-2-3-13(9-14)10-18/h2-4,9,15-16H,5-8,11-12H2,1H3/t15-,16-/m0/s1. The van der Waals surface area contributed by atoms with Gasteiger partial charge in [0.25, 0.3) is 5.91 Å². The first-order chi connectivity index (χ1) is 10.7. The van der Waals surface area contributed by atoms with Gasteiger partial charge in [-0.05, 0) is 31.0 Å². The quantitative estimate of drug-likeness (QED) is 0.845. The Morgan fingerprint density at radius 1 is 1.36 bits per heavy atom. The number of benzene rings is 1. The van der Waals surface area contributed by atoms with E-state index in [-0.39, 0.29) is 5.91 Å². The molecule has 1 aromatic rings. The molecule has 2 heterocycles. The molecule has 2 fully saturated rings. The zero-order valence-corrected chi connectivity index (χ0v) is 12.9. The highest BCUT2D eigenvalue weighted by Crippen LogP contribution is 2.30. The van der Waals surface area contributed by atoms with Crippen LogP contribution in [-0.4, -0.2) is 61.1 Å². The number of nitriles is 1. The van der Waals surface area contributed by atoms with Gasteiger partial charge in [0.2, 0.25) is 0 Å². The van der Waals surface area contributed by atoms with Crippen LogP contribution < -0.4 is 0 Å². The van der Waals surface area contributed by atoms with E-state index < -0.39 is 0 Å². The number of rotatable bonds is 4. The van der Waals surface area contributed by atoms with Gasteiger partial charge in [-0.15, -0.1) is 0 Å². The Kier molecular flexibility index (Phi) is 4.41. The summed E-state index contributed by atoms with van der Waals surface area (Å²) < 4.78 is 5.19. The molecular weight excluding hydrogens is 278 g/mol. The van der Waals surface area contributed by atoms with E-state index in [1.807, 2.05) is 4.90 Å². The lowest BCUT2D eigenvalue weighted by Crippen LogP contribution is -2.55. The van der Waals surface area contributed by atoms with Crippen molar-refractivity contribution in [2.75, 3.05) is 33.4 Å². The minimum atomic E-state index is 0.0420. The van der Waals surface area contributed by atoms with Gasteiger partial charge in [-0.3, -0.25) is 9.69 Å². The molecule has 5 nitrogen and oxygen atoms in total. The summed E-state index contributed by atoms with van der Waals surface area (Å²) in [5.41, 5.74) is 1.15. The van der Waals surface area contributed by atoms with Crippen molar-refractivity contribution in [2.45, 2.75) is 24.9 Å². The number of methoxy groups -OCH3 is 1.